The molecule has 1 atom stereocenters. The minimum Gasteiger partial charge on any atom is -0.376 e. The monoisotopic (exact) mass is 392 g/mol. The SMILES string of the molecule is Cc1ccc(C)c2sc(N(CC3CCCO3)C(=O)/C=C/c3ccccc3)nc12. The first kappa shape index (κ1) is 18.8. The summed E-state index contributed by atoms with van der Waals surface area (Å²) in [7, 11) is 0. The maximum atomic E-state index is 13.1. The van der Waals surface area contributed by atoms with Gasteiger partial charge in [0.25, 0.3) is 5.91 Å². The molecule has 0 bridgehead atoms. The number of anilines is 1. The van der Waals surface area contributed by atoms with Gasteiger partial charge in [-0.1, -0.05) is 53.8 Å². The Bertz CT molecular complexity index is 965. The van der Waals surface area contributed by atoms with Gasteiger partial charge < -0.3 is 4.74 Å². The van der Waals surface area contributed by atoms with Crippen LogP contribution < -0.4 is 4.90 Å². The lowest BCUT2D eigenvalue weighted by molar-refractivity contribution is -0.114. The molecule has 1 aliphatic rings. The number of hydrogen-bond donors (Lipinski definition) is 0. The van der Waals surface area contributed by atoms with E-state index in [1.165, 1.54) is 5.56 Å². The van der Waals surface area contributed by atoms with Crippen molar-refractivity contribution in [1.29, 1.82) is 0 Å². The van der Waals surface area contributed by atoms with E-state index in [1.54, 1.807) is 22.3 Å². The van der Waals surface area contributed by atoms with Crippen molar-refractivity contribution < 1.29 is 9.53 Å². The van der Waals surface area contributed by atoms with Crippen LogP contribution in [-0.4, -0.2) is 30.1 Å². The average Bonchev–Trinajstić information content (AvgIpc) is 3.38. The van der Waals surface area contributed by atoms with Crippen LogP contribution in [0.1, 0.15) is 29.5 Å². The minimum absolute atomic E-state index is 0.0614. The number of fused-ring (bicyclic) bond motifs is 1. The van der Waals surface area contributed by atoms with Gasteiger partial charge in [0, 0.05) is 12.7 Å². The van der Waals surface area contributed by atoms with E-state index in [-0.39, 0.29) is 12.0 Å². The first-order chi connectivity index (χ1) is 13.6. The van der Waals surface area contributed by atoms with Gasteiger partial charge in [-0.05, 0) is 49.5 Å². The normalized spacial score (nSPS) is 16.9. The largest absolute Gasteiger partial charge is 0.376 e. The number of ether oxygens (including phenoxy) is 1. The van der Waals surface area contributed by atoms with Crippen LogP contribution in [0.4, 0.5) is 5.13 Å². The van der Waals surface area contributed by atoms with Crippen molar-refractivity contribution in [3.63, 3.8) is 0 Å². The van der Waals surface area contributed by atoms with Crippen molar-refractivity contribution >= 4 is 38.7 Å². The fourth-order valence-electron chi connectivity index (χ4n) is 3.44. The Morgan fingerprint density at radius 3 is 2.71 bits per heavy atom. The Kier molecular flexibility index (Phi) is 5.55. The smallest absolute Gasteiger partial charge is 0.252 e. The predicted octanol–water partition coefficient (Wildman–Crippen LogP) is 5.14. The van der Waals surface area contributed by atoms with Gasteiger partial charge in [-0.15, -0.1) is 0 Å². The van der Waals surface area contributed by atoms with Crippen LogP contribution in [-0.2, 0) is 9.53 Å². The molecular formula is C23H24N2O2S. The van der Waals surface area contributed by atoms with Crippen LogP contribution in [0.5, 0.6) is 0 Å². The molecule has 0 N–H and O–H groups in total. The number of aryl methyl sites for hydroxylation is 2. The van der Waals surface area contributed by atoms with Gasteiger partial charge in [0.1, 0.15) is 0 Å². The van der Waals surface area contributed by atoms with E-state index in [0.717, 1.165) is 45.9 Å². The summed E-state index contributed by atoms with van der Waals surface area (Å²) in [4.78, 5) is 19.7. The van der Waals surface area contributed by atoms with Gasteiger partial charge in [0.05, 0.1) is 22.9 Å². The van der Waals surface area contributed by atoms with Crippen molar-refractivity contribution in [2.24, 2.45) is 0 Å². The fourth-order valence-corrected chi connectivity index (χ4v) is 4.57. The summed E-state index contributed by atoms with van der Waals surface area (Å²) in [5, 5.41) is 0.741. The highest BCUT2D eigenvalue weighted by Crippen LogP contribution is 2.34. The number of nitrogens with zero attached hydrogens (tertiary/aromatic N) is 2. The molecule has 1 aromatic heterocycles. The van der Waals surface area contributed by atoms with E-state index in [0.29, 0.717) is 6.54 Å². The zero-order valence-corrected chi connectivity index (χ0v) is 17.0. The molecular weight excluding hydrogens is 368 g/mol. The van der Waals surface area contributed by atoms with Gasteiger partial charge in [-0.3, -0.25) is 9.69 Å². The highest BCUT2D eigenvalue weighted by molar-refractivity contribution is 7.22. The summed E-state index contributed by atoms with van der Waals surface area (Å²) in [6, 6.07) is 14.1. The van der Waals surface area contributed by atoms with Crippen LogP contribution in [0.25, 0.3) is 16.3 Å². The molecule has 1 amide bonds. The van der Waals surface area contributed by atoms with E-state index in [4.69, 9.17) is 9.72 Å². The molecule has 144 valence electrons. The third-order valence-electron chi connectivity index (χ3n) is 5.06. The molecule has 0 saturated carbocycles. The van der Waals surface area contributed by atoms with E-state index in [2.05, 4.69) is 26.0 Å². The number of carbonyl (C=O) groups excluding carboxylic acids is 1. The Morgan fingerprint density at radius 2 is 2.00 bits per heavy atom. The Morgan fingerprint density at radius 1 is 1.21 bits per heavy atom. The predicted molar refractivity (Wildman–Crippen MR) is 116 cm³/mol. The number of benzene rings is 2. The molecule has 1 aliphatic heterocycles. The molecule has 4 rings (SSSR count). The van der Waals surface area contributed by atoms with Crippen molar-refractivity contribution in [2.45, 2.75) is 32.8 Å². The van der Waals surface area contributed by atoms with Crippen LogP contribution >= 0.6 is 11.3 Å². The summed E-state index contributed by atoms with van der Waals surface area (Å²) >= 11 is 1.58. The van der Waals surface area contributed by atoms with Crippen molar-refractivity contribution in [2.75, 3.05) is 18.1 Å². The van der Waals surface area contributed by atoms with E-state index in [9.17, 15) is 4.79 Å². The molecule has 2 aromatic carbocycles. The molecule has 0 aliphatic carbocycles. The second-order valence-electron chi connectivity index (χ2n) is 7.20. The van der Waals surface area contributed by atoms with E-state index >= 15 is 0 Å². The summed E-state index contributed by atoms with van der Waals surface area (Å²) in [5.74, 6) is -0.0614. The lowest BCUT2D eigenvalue weighted by Crippen LogP contribution is -2.36. The van der Waals surface area contributed by atoms with Crippen LogP contribution in [0.15, 0.2) is 48.5 Å². The lowest BCUT2D eigenvalue weighted by Gasteiger charge is -2.21. The lowest BCUT2D eigenvalue weighted by atomic mass is 10.1. The Labute approximate surface area is 169 Å². The van der Waals surface area contributed by atoms with Gasteiger partial charge in [0.15, 0.2) is 5.13 Å². The molecule has 1 unspecified atom stereocenters. The van der Waals surface area contributed by atoms with E-state index < -0.39 is 0 Å². The van der Waals surface area contributed by atoms with Crippen molar-refractivity contribution in [1.82, 2.24) is 4.98 Å². The molecule has 2 heterocycles. The summed E-state index contributed by atoms with van der Waals surface area (Å²) in [6.07, 6.45) is 5.59. The van der Waals surface area contributed by atoms with Crippen molar-refractivity contribution in [3.8, 4) is 0 Å². The fraction of sp³-hybridized carbons (Fsp3) is 0.304. The quantitative estimate of drug-likeness (QED) is 0.565. The zero-order valence-electron chi connectivity index (χ0n) is 16.2. The first-order valence-corrected chi connectivity index (χ1v) is 10.5. The van der Waals surface area contributed by atoms with Gasteiger partial charge in [0.2, 0.25) is 0 Å². The molecule has 0 radical (unpaired) electrons. The molecule has 3 aromatic rings. The highest BCUT2D eigenvalue weighted by atomic mass is 32.1. The molecule has 1 fully saturated rings. The van der Waals surface area contributed by atoms with E-state index in [1.807, 2.05) is 36.4 Å². The topological polar surface area (TPSA) is 42.4 Å². The first-order valence-electron chi connectivity index (χ1n) is 9.65. The average molecular weight is 393 g/mol. The maximum absolute atomic E-state index is 13.1. The second kappa shape index (κ2) is 8.25. The second-order valence-corrected chi connectivity index (χ2v) is 8.18. The van der Waals surface area contributed by atoms with Gasteiger partial charge >= 0.3 is 0 Å². The third kappa shape index (κ3) is 4.01. The molecule has 4 nitrogen and oxygen atoms in total. The standard InChI is InChI=1S/C23H24N2O2S/c1-16-10-11-17(2)22-21(16)24-23(28-22)25(15-19-9-6-14-27-19)20(26)13-12-18-7-4-3-5-8-18/h3-5,7-8,10-13,19H,6,9,14-15H2,1-2H3/b13-12+. The summed E-state index contributed by atoms with van der Waals surface area (Å²) in [5.41, 5.74) is 4.31. The summed E-state index contributed by atoms with van der Waals surface area (Å²) < 4.78 is 6.94. The summed E-state index contributed by atoms with van der Waals surface area (Å²) in [6.45, 7) is 5.46. The number of rotatable bonds is 5. The number of carbonyl (C=O) groups is 1. The third-order valence-corrected chi connectivity index (χ3v) is 6.27. The highest BCUT2D eigenvalue weighted by Gasteiger charge is 2.25. The molecule has 1 saturated heterocycles. The maximum Gasteiger partial charge on any atom is 0.252 e. The minimum atomic E-state index is -0.0614. The van der Waals surface area contributed by atoms with Gasteiger partial charge in [-0.2, -0.15) is 0 Å². The van der Waals surface area contributed by atoms with Crippen molar-refractivity contribution in [3.05, 3.63) is 65.2 Å². The zero-order chi connectivity index (χ0) is 19.5. The van der Waals surface area contributed by atoms with Gasteiger partial charge in [-0.25, -0.2) is 4.98 Å². The Balaban J connectivity index is 1.67. The van der Waals surface area contributed by atoms with Crippen LogP contribution in [0.3, 0.4) is 0 Å². The molecule has 5 heteroatoms. The van der Waals surface area contributed by atoms with Crippen LogP contribution in [0, 0.1) is 13.8 Å². The molecule has 28 heavy (non-hydrogen) atoms. The Hall–Kier alpha value is -2.50. The van der Waals surface area contributed by atoms with Crippen LogP contribution in [0.2, 0.25) is 0 Å². The number of aromatic nitrogens is 1. The number of amides is 1. The number of thiazole rings is 1. The number of hydrogen-bond acceptors (Lipinski definition) is 4. The molecule has 0 spiro atoms.